The zero-order valence-electron chi connectivity index (χ0n) is 8.77. The van der Waals surface area contributed by atoms with Gasteiger partial charge in [0, 0.05) is 6.61 Å². The molecule has 0 saturated carbocycles. The van der Waals surface area contributed by atoms with Gasteiger partial charge in [0.15, 0.2) is 0 Å². The highest BCUT2D eigenvalue weighted by atomic mass is 16.7. The second kappa shape index (κ2) is 5.67. The van der Waals surface area contributed by atoms with Crippen LogP contribution >= 0.6 is 0 Å². The molecule has 0 aliphatic heterocycles. The third-order valence-corrected chi connectivity index (χ3v) is 1.83. The van der Waals surface area contributed by atoms with Crippen LogP contribution in [0.15, 0.2) is 0 Å². The zero-order chi connectivity index (χ0) is 12.1. The summed E-state index contributed by atoms with van der Waals surface area (Å²) in [5.41, 5.74) is -1.37. The molecule has 2 atom stereocenters. The number of esters is 1. The van der Waals surface area contributed by atoms with E-state index >= 15 is 0 Å². The van der Waals surface area contributed by atoms with Gasteiger partial charge in [-0.1, -0.05) is 6.92 Å². The Morgan fingerprint density at radius 1 is 1.47 bits per heavy atom. The number of carbonyl (C=O) groups excluding carboxylic acids is 1. The first-order valence-electron chi connectivity index (χ1n) is 4.53. The molecule has 2 unspecified atom stereocenters. The van der Waals surface area contributed by atoms with Crippen LogP contribution in [0.25, 0.3) is 0 Å². The quantitative estimate of drug-likeness (QED) is 0.456. The van der Waals surface area contributed by atoms with E-state index in [-0.39, 0.29) is 18.9 Å². The summed E-state index contributed by atoms with van der Waals surface area (Å²) in [6.45, 7) is 2.99. The molecule has 0 bridgehead atoms. The van der Waals surface area contributed by atoms with Gasteiger partial charge in [-0.25, -0.2) is 4.79 Å². The normalized spacial score (nSPS) is 16.5. The maximum atomic E-state index is 10.9. The number of hydrogen-bond donors (Lipinski definition) is 3. The van der Waals surface area contributed by atoms with E-state index in [2.05, 4.69) is 4.74 Å². The number of ether oxygens (including phenoxy) is 1. The van der Waals surface area contributed by atoms with Crippen LogP contribution in [-0.4, -0.2) is 39.7 Å². The first-order chi connectivity index (χ1) is 6.76. The molecule has 6 heteroatoms. The molecule has 0 radical (unpaired) electrons. The number of aliphatic hydroxyl groups excluding tert-OH is 1. The fourth-order valence-corrected chi connectivity index (χ4v) is 1.33. The van der Waals surface area contributed by atoms with Gasteiger partial charge in [-0.2, -0.15) is 0 Å². The highest BCUT2D eigenvalue weighted by Crippen LogP contribution is 2.20. The topological polar surface area (TPSA) is 104 Å². The summed E-state index contributed by atoms with van der Waals surface area (Å²) in [6, 6.07) is 0. The Labute approximate surface area is 87.5 Å². The van der Waals surface area contributed by atoms with Gasteiger partial charge in [0.25, 0.3) is 0 Å². The SMILES string of the molecule is CC(CO)CC(C)(O)CC(=O)OC(=O)O. The predicted molar refractivity (Wildman–Crippen MR) is 50.2 cm³/mol. The average Bonchev–Trinajstić information content (AvgIpc) is 1.99. The number of hydrogen-bond acceptors (Lipinski definition) is 5. The van der Waals surface area contributed by atoms with Crippen molar-refractivity contribution in [1.29, 1.82) is 0 Å². The third-order valence-electron chi connectivity index (χ3n) is 1.83. The smallest absolute Gasteiger partial charge is 0.449 e. The van der Waals surface area contributed by atoms with Crippen LogP contribution in [0.2, 0.25) is 0 Å². The van der Waals surface area contributed by atoms with Crippen LogP contribution in [-0.2, 0) is 9.53 Å². The molecule has 0 aromatic carbocycles. The van der Waals surface area contributed by atoms with E-state index < -0.39 is 24.1 Å². The molecule has 15 heavy (non-hydrogen) atoms. The van der Waals surface area contributed by atoms with E-state index in [0.717, 1.165) is 0 Å². The van der Waals surface area contributed by atoms with Crippen LogP contribution in [0.3, 0.4) is 0 Å². The van der Waals surface area contributed by atoms with Gasteiger partial charge < -0.3 is 20.1 Å². The summed E-state index contributed by atoms with van der Waals surface area (Å²) in [5, 5.41) is 26.6. The lowest BCUT2D eigenvalue weighted by molar-refractivity contribution is -0.144. The summed E-state index contributed by atoms with van der Waals surface area (Å²) in [7, 11) is 0. The Kier molecular flexibility index (Phi) is 5.24. The maximum Gasteiger partial charge on any atom is 0.513 e. The van der Waals surface area contributed by atoms with Gasteiger partial charge in [0.05, 0.1) is 12.0 Å². The average molecular weight is 220 g/mol. The second-order valence-electron chi connectivity index (χ2n) is 3.91. The molecule has 0 amide bonds. The monoisotopic (exact) mass is 220 g/mol. The fraction of sp³-hybridized carbons (Fsp3) is 0.778. The van der Waals surface area contributed by atoms with Gasteiger partial charge in [-0.15, -0.1) is 0 Å². The largest absolute Gasteiger partial charge is 0.513 e. The van der Waals surface area contributed by atoms with Crippen molar-refractivity contribution in [2.45, 2.75) is 32.3 Å². The van der Waals surface area contributed by atoms with Crippen LogP contribution in [0.1, 0.15) is 26.7 Å². The summed E-state index contributed by atoms with van der Waals surface area (Å²) >= 11 is 0. The van der Waals surface area contributed by atoms with Crippen molar-refractivity contribution in [2.24, 2.45) is 5.92 Å². The lowest BCUT2D eigenvalue weighted by Gasteiger charge is -2.24. The van der Waals surface area contributed by atoms with Gasteiger partial charge >= 0.3 is 12.1 Å². The lowest BCUT2D eigenvalue weighted by Crippen LogP contribution is -2.32. The van der Waals surface area contributed by atoms with Gasteiger partial charge in [-0.3, -0.25) is 4.79 Å². The molecule has 0 heterocycles. The van der Waals surface area contributed by atoms with Crippen LogP contribution < -0.4 is 0 Å². The van der Waals surface area contributed by atoms with E-state index in [1.54, 1.807) is 6.92 Å². The van der Waals surface area contributed by atoms with Crippen molar-refractivity contribution in [2.75, 3.05) is 6.61 Å². The Balaban J connectivity index is 4.12. The van der Waals surface area contributed by atoms with E-state index in [1.807, 2.05) is 0 Å². The standard InChI is InChI=1S/C9H16O6/c1-6(5-10)3-9(2,14)4-7(11)15-8(12)13/h6,10,14H,3-5H2,1-2H3,(H,12,13). The van der Waals surface area contributed by atoms with Crippen molar-refractivity contribution in [3.8, 4) is 0 Å². The number of aliphatic hydroxyl groups is 2. The Bertz CT molecular complexity index is 235. The number of carboxylic acid groups (broad SMARTS) is 1. The highest BCUT2D eigenvalue weighted by molar-refractivity contribution is 5.81. The molecule has 0 rings (SSSR count). The lowest BCUT2D eigenvalue weighted by atomic mass is 9.91. The molecule has 0 saturated heterocycles. The highest BCUT2D eigenvalue weighted by Gasteiger charge is 2.28. The maximum absolute atomic E-state index is 10.9. The van der Waals surface area contributed by atoms with E-state index in [1.165, 1.54) is 6.92 Å². The van der Waals surface area contributed by atoms with Crippen molar-refractivity contribution in [3.05, 3.63) is 0 Å². The summed E-state index contributed by atoms with van der Waals surface area (Å²) < 4.78 is 3.86. The molecule has 88 valence electrons. The Hall–Kier alpha value is -1.14. The molecule has 0 aliphatic rings. The van der Waals surface area contributed by atoms with Crippen molar-refractivity contribution in [1.82, 2.24) is 0 Å². The molecule has 3 N–H and O–H groups in total. The number of carbonyl (C=O) groups is 2. The van der Waals surface area contributed by atoms with E-state index in [9.17, 15) is 14.7 Å². The second-order valence-corrected chi connectivity index (χ2v) is 3.91. The fourth-order valence-electron chi connectivity index (χ4n) is 1.33. The minimum Gasteiger partial charge on any atom is -0.449 e. The Morgan fingerprint density at radius 3 is 2.40 bits per heavy atom. The minimum absolute atomic E-state index is 0.107. The number of rotatable bonds is 5. The van der Waals surface area contributed by atoms with Crippen molar-refractivity contribution < 1.29 is 29.6 Å². The Morgan fingerprint density at radius 2 is 2.00 bits per heavy atom. The molecule has 0 spiro atoms. The summed E-state index contributed by atoms with van der Waals surface area (Å²) in [4.78, 5) is 20.9. The molecular weight excluding hydrogens is 204 g/mol. The minimum atomic E-state index is -1.69. The molecule has 0 aromatic heterocycles. The summed E-state index contributed by atoms with van der Waals surface area (Å²) in [6.07, 6.45) is -1.91. The van der Waals surface area contributed by atoms with Crippen LogP contribution in [0, 0.1) is 5.92 Å². The first-order valence-corrected chi connectivity index (χ1v) is 4.53. The van der Waals surface area contributed by atoms with Crippen molar-refractivity contribution in [3.63, 3.8) is 0 Å². The van der Waals surface area contributed by atoms with Crippen molar-refractivity contribution >= 4 is 12.1 Å². The third kappa shape index (κ3) is 6.87. The summed E-state index contributed by atoms with van der Waals surface area (Å²) in [5.74, 6) is -1.17. The molecule has 0 aromatic rings. The van der Waals surface area contributed by atoms with E-state index in [0.29, 0.717) is 0 Å². The van der Waals surface area contributed by atoms with Gasteiger partial charge in [0.1, 0.15) is 0 Å². The molecular formula is C9H16O6. The van der Waals surface area contributed by atoms with E-state index in [4.69, 9.17) is 10.2 Å². The zero-order valence-corrected chi connectivity index (χ0v) is 8.77. The van der Waals surface area contributed by atoms with Gasteiger partial charge in [0.2, 0.25) is 0 Å². The van der Waals surface area contributed by atoms with Gasteiger partial charge in [-0.05, 0) is 19.3 Å². The van der Waals surface area contributed by atoms with Crippen LogP contribution in [0.4, 0.5) is 4.79 Å². The molecule has 0 fully saturated rings. The molecule has 6 nitrogen and oxygen atoms in total. The molecule has 0 aliphatic carbocycles. The predicted octanol–water partition coefficient (Wildman–Crippen LogP) is 0.367. The van der Waals surface area contributed by atoms with Crippen LogP contribution in [0.5, 0.6) is 0 Å². The first kappa shape index (κ1) is 13.9.